The van der Waals surface area contributed by atoms with Gasteiger partial charge in [-0.25, -0.2) is 4.79 Å². The molecule has 6 nitrogen and oxygen atoms in total. The zero-order chi connectivity index (χ0) is 18.9. The molecule has 6 heteroatoms. The van der Waals surface area contributed by atoms with Crippen LogP contribution in [0.15, 0.2) is 48.5 Å². The van der Waals surface area contributed by atoms with E-state index in [-0.39, 0.29) is 12.6 Å². The summed E-state index contributed by atoms with van der Waals surface area (Å²) in [4.78, 5) is 14.0. The molecule has 0 aliphatic carbocycles. The third-order valence-corrected chi connectivity index (χ3v) is 4.07. The highest BCUT2D eigenvalue weighted by Crippen LogP contribution is 2.31. The summed E-state index contributed by atoms with van der Waals surface area (Å²) in [7, 11) is 7.12. The van der Waals surface area contributed by atoms with Crippen LogP contribution >= 0.6 is 0 Å². The van der Waals surface area contributed by atoms with Crippen molar-refractivity contribution in [3.63, 3.8) is 0 Å². The molecule has 2 aromatic rings. The second-order valence-corrected chi connectivity index (χ2v) is 6.04. The Kier molecular flexibility index (Phi) is 7.29. The number of hydrogen-bond acceptors (Lipinski definition) is 5. The Labute approximate surface area is 154 Å². The lowest BCUT2D eigenvalue weighted by Gasteiger charge is -2.25. The Morgan fingerprint density at radius 1 is 1.04 bits per heavy atom. The second-order valence-electron chi connectivity index (χ2n) is 6.04. The number of nitrogens with one attached hydrogen (secondary N) is 1. The molecule has 0 saturated heterocycles. The molecule has 1 N–H and O–H groups in total. The Morgan fingerprint density at radius 3 is 2.35 bits per heavy atom. The highest BCUT2D eigenvalue weighted by Gasteiger charge is 2.18. The number of carbonyl (C=O) groups excluding carboxylic acids is 1. The molecule has 26 heavy (non-hydrogen) atoms. The molecule has 140 valence electrons. The number of rotatable bonds is 8. The maximum absolute atomic E-state index is 12.0. The highest BCUT2D eigenvalue weighted by atomic mass is 16.5. The Balaban J connectivity index is 1.96. The minimum absolute atomic E-state index is 0.0286. The molecule has 0 spiro atoms. The predicted molar refractivity (Wildman–Crippen MR) is 101 cm³/mol. The molecule has 1 amide bonds. The van der Waals surface area contributed by atoms with E-state index in [9.17, 15) is 4.79 Å². The molecule has 0 aromatic heterocycles. The van der Waals surface area contributed by atoms with Crippen molar-refractivity contribution in [1.82, 2.24) is 10.2 Å². The molecule has 2 rings (SSSR count). The maximum Gasteiger partial charge on any atom is 0.407 e. The van der Waals surface area contributed by atoms with Gasteiger partial charge in [0.1, 0.15) is 6.61 Å². The van der Waals surface area contributed by atoms with Crippen molar-refractivity contribution in [3.05, 3.63) is 59.7 Å². The molecule has 0 aliphatic rings. The maximum atomic E-state index is 12.0. The smallest absolute Gasteiger partial charge is 0.407 e. The van der Waals surface area contributed by atoms with Crippen molar-refractivity contribution in [2.45, 2.75) is 12.6 Å². The average Bonchev–Trinajstić information content (AvgIpc) is 2.66. The van der Waals surface area contributed by atoms with Crippen molar-refractivity contribution in [3.8, 4) is 11.5 Å². The summed E-state index contributed by atoms with van der Waals surface area (Å²) in [5, 5.41) is 2.82. The van der Waals surface area contributed by atoms with Gasteiger partial charge in [0, 0.05) is 6.54 Å². The van der Waals surface area contributed by atoms with Crippen LogP contribution in [0.1, 0.15) is 17.2 Å². The molecule has 0 saturated carbocycles. The second kappa shape index (κ2) is 9.68. The van der Waals surface area contributed by atoms with Gasteiger partial charge in [0.05, 0.1) is 20.3 Å². The highest BCUT2D eigenvalue weighted by molar-refractivity contribution is 5.67. The van der Waals surface area contributed by atoms with Gasteiger partial charge in [0.2, 0.25) is 0 Å². The van der Waals surface area contributed by atoms with Crippen LogP contribution in [0, 0.1) is 0 Å². The molecule has 0 radical (unpaired) electrons. The topological polar surface area (TPSA) is 60.0 Å². The lowest BCUT2D eigenvalue weighted by atomic mass is 10.1. The lowest BCUT2D eigenvalue weighted by Crippen LogP contribution is -2.34. The van der Waals surface area contributed by atoms with Gasteiger partial charge in [-0.2, -0.15) is 0 Å². The van der Waals surface area contributed by atoms with Crippen LogP contribution in [-0.2, 0) is 11.3 Å². The lowest BCUT2D eigenvalue weighted by molar-refractivity contribution is 0.136. The summed E-state index contributed by atoms with van der Waals surface area (Å²) in [5.41, 5.74) is 1.96. The zero-order valence-corrected chi connectivity index (χ0v) is 15.7. The van der Waals surface area contributed by atoms with E-state index in [4.69, 9.17) is 14.2 Å². The van der Waals surface area contributed by atoms with Crippen LogP contribution in [0.4, 0.5) is 4.79 Å². The van der Waals surface area contributed by atoms with E-state index < -0.39 is 6.09 Å². The first-order chi connectivity index (χ1) is 12.5. The number of nitrogens with zero attached hydrogens (tertiary/aromatic N) is 1. The fraction of sp³-hybridized carbons (Fsp3) is 0.350. The summed E-state index contributed by atoms with van der Waals surface area (Å²) < 4.78 is 15.9. The summed E-state index contributed by atoms with van der Waals surface area (Å²) in [6.45, 7) is 0.659. The largest absolute Gasteiger partial charge is 0.493 e. The van der Waals surface area contributed by atoms with Crippen molar-refractivity contribution < 1.29 is 19.0 Å². The van der Waals surface area contributed by atoms with Gasteiger partial charge in [-0.15, -0.1) is 0 Å². The van der Waals surface area contributed by atoms with Gasteiger partial charge >= 0.3 is 6.09 Å². The van der Waals surface area contributed by atoms with Gasteiger partial charge in [-0.05, 0) is 37.4 Å². The van der Waals surface area contributed by atoms with Crippen LogP contribution in [0.2, 0.25) is 0 Å². The SMILES string of the molecule is COc1ccc(C(CNC(=O)OCc2ccccc2)N(C)C)cc1OC. The van der Waals surface area contributed by atoms with Crippen LogP contribution in [-0.4, -0.2) is 45.9 Å². The normalized spacial score (nSPS) is 11.7. The van der Waals surface area contributed by atoms with Gasteiger partial charge in [0.25, 0.3) is 0 Å². The number of amides is 1. The first-order valence-corrected chi connectivity index (χ1v) is 8.38. The Bertz CT molecular complexity index is 704. The number of carbonyl (C=O) groups is 1. The molecule has 0 aliphatic heterocycles. The van der Waals surface area contributed by atoms with E-state index in [2.05, 4.69) is 5.32 Å². The average molecular weight is 358 g/mol. The van der Waals surface area contributed by atoms with Crippen molar-refractivity contribution >= 4 is 6.09 Å². The first-order valence-electron chi connectivity index (χ1n) is 8.38. The van der Waals surface area contributed by atoms with E-state index in [1.54, 1.807) is 14.2 Å². The summed E-state index contributed by atoms with van der Waals surface area (Å²) in [5.74, 6) is 1.33. The van der Waals surface area contributed by atoms with E-state index in [1.165, 1.54) is 0 Å². The standard InChI is InChI=1S/C20H26N2O4/c1-22(2)17(16-10-11-18(24-3)19(12-16)25-4)13-21-20(23)26-14-15-8-6-5-7-9-15/h5-12,17H,13-14H2,1-4H3,(H,21,23). The van der Waals surface area contributed by atoms with Crippen LogP contribution in [0.3, 0.4) is 0 Å². The van der Waals surface area contributed by atoms with Gasteiger partial charge in [-0.1, -0.05) is 36.4 Å². The van der Waals surface area contributed by atoms with Crippen LogP contribution < -0.4 is 14.8 Å². The Morgan fingerprint density at radius 2 is 1.73 bits per heavy atom. The number of likely N-dealkylation sites (N-methyl/N-ethyl adjacent to an activating group) is 1. The van der Waals surface area contributed by atoms with E-state index in [1.807, 2.05) is 67.5 Å². The Hall–Kier alpha value is -2.73. The molecule has 2 aromatic carbocycles. The fourth-order valence-corrected chi connectivity index (χ4v) is 2.61. The van der Waals surface area contributed by atoms with Crippen LogP contribution in [0.25, 0.3) is 0 Å². The third-order valence-electron chi connectivity index (χ3n) is 4.07. The summed E-state index contributed by atoms with van der Waals surface area (Å²) in [6, 6.07) is 15.3. The molecule has 0 heterocycles. The minimum Gasteiger partial charge on any atom is -0.493 e. The van der Waals surface area contributed by atoms with Crippen molar-refractivity contribution in [2.24, 2.45) is 0 Å². The van der Waals surface area contributed by atoms with Crippen LogP contribution in [0.5, 0.6) is 11.5 Å². The number of hydrogen-bond donors (Lipinski definition) is 1. The van der Waals surface area contributed by atoms with Gasteiger partial charge in [0.15, 0.2) is 11.5 Å². The summed E-state index contributed by atoms with van der Waals surface area (Å²) >= 11 is 0. The molecule has 1 unspecified atom stereocenters. The van der Waals surface area contributed by atoms with E-state index in [0.717, 1.165) is 11.1 Å². The third kappa shape index (κ3) is 5.39. The van der Waals surface area contributed by atoms with Crippen molar-refractivity contribution in [1.29, 1.82) is 0 Å². The quantitative estimate of drug-likeness (QED) is 0.785. The van der Waals surface area contributed by atoms with Gasteiger partial charge < -0.3 is 24.4 Å². The number of benzene rings is 2. The number of methoxy groups -OCH3 is 2. The summed E-state index contributed by atoms with van der Waals surface area (Å²) in [6.07, 6.45) is -0.443. The monoisotopic (exact) mass is 358 g/mol. The molecular formula is C20H26N2O4. The minimum atomic E-state index is -0.443. The van der Waals surface area contributed by atoms with Gasteiger partial charge in [-0.3, -0.25) is 0 Å². The molecular weight excluding hydrogens is 332 g/mol. The number of alkyl carbamates (subject to hydrolysis) is 1. The molecule has 0 fully saturated rings. The predicted octanol–water partition coefficient (Wildman–Crippen LogP) is 3.23. The van der Waals surface area contributed by atoms with E-state index in [0.29, 0.717) is 18.0 Å². The number of ether oxygens (including phenoxy) is 3. The van der Waals surface area contributed by atoms with Crippen molar-refractivity contribution in [2.75, 3.05) is 34.9 Å². The van der Waals surface area contributed by atoms with E-state index >= 15 is 0 Å². The first kappa shape index (κ1) is 19.6. The zero-order valence-electron chi connectivity index (χ0n) is 15.7. The fourth-order valence-electron chi connectivity index (χ4n) is 2.61. The molecule has 0 bridgehead atoms. The molecule has 1 atom stereocenters.